The minimum atomic E-state index is -0.731. The molecule has 4 nitrogen and oxygen atoms in total. The number of furan rings is 1. The molecule has 1 unspecified atom stereocenters. The molecule has 152 valence electrons. The van der Waals surface area contributed by atoms with E-state index in [1.807, 2.05) is 6.07 Å². The van der Waals surface area contributed by atoms with Crippen LogP contribution in [0.5, 0.6) is 0 Å². The number of rotatable bonds is 5. The van der Waals surface area contributed by atoms with Crippen LogP contribution in [0.3, 0.4) is 0 Å². The second kappa shape index (κ2) is 7.53. The van der Waals surface area contributed by atoms with E-state index in [2.05, 4.69) is 18.7 Å². The molecule has 1 atom stereocenters. The molecule has 2 saturated carbocycles. The van der Waals surface area contributed by atoms with Crippen LogP contribution in [-0.2, 0) is 10.3 Å². The van der Waals surface area contributed by atoms with Gasteiger partial charge in [-0.2, -0.15) is 0 Å². The monoisotopic (exact) mass is 375 g/mol. The third-order valence-corrected chi connectivity index (χ3v) is 8.10. The molecule has 2 aliphatic carbocycles. The molecule has 1 aromatic heterocycles. The summed E-state index contributed by atoms with van der Waals surface area (Å²) < 4.78 is 11.5. The highest BCUT2D eigenvalue weighted by Gasteiger charge is 2.54. The lowest BCUT2D eigenvalue weighted by Crippen LogP contribution is -2.51. The number of aliphatic hydroxyl groups is 1. The maximum Gasteiger partial charge on any atom is 0.0963 e. The molecule has 0 amide bonds. The minimum absolute atomic E-state index is 0.123. The fraction of sp³-hybridized carbons (Fsp3) is 0.826. The Kier molecular flexibility index (Phi) is 5.43. The normalized spacial score (nSPS) is 37.1. The molecule has 3 aliphatic rings. The molecule has 4 rings (SSSR count). The van der Waals surface area contributed by atoms with Crippen molar-refractivity contribution in [1.29, 1.82) is 0 Å². The summed E-state index contributed by atoms with van der Waals surface area (Å²) in [5.41, 5.74) is 0.685. The quantitative estimate of drug-likeness (QED) is 0.809. The molecule has 3 fully saturated rings. The number of ether oxygens (including phenoxy) is 1. The summed E-state index contributed by atoms with van der Waals surface area (Å²) in [6.45, 7) is 9.24. The molecular weight excluding hydrogens is 338 g/mol. The summed E-state index contributed by atoms with van der Waals surface area (Å²) in [4.78, 5) is 2.53. The van der Waals surface area contributed by atoms with Gasteiger partial charge in [0.05, 0.1) is 30.8 Å². The maximum absolute atomic E-state index is 11.3. The van der Waals surface area contributed by atoms with Crippen molar-refractivity contribution in [2.45, 2.75) is 83.3 Å². The first-order chi connectivity index (χ1) is 12.9. The van der Waals surface area contributed by atoms with Crippen LogP contribution < -0.4 is 0 Å². The van der Waals surface area contributed by atoms with Crippen molar-refractivity contribution in [3.63, 3.8) is 0 Å². The van der Waals surface area contributed by atoms with E-state index in [1.54, 1.807) is 12.5 Å². The lowest BCUT2D eigenvalue weighted by atomic mass is 9.49. The summed E-state index contributed by atoms with van der Waals surface area (Å²) in [5, 5.41) is 11.3. The van der Waals surface area contributed by atoms with Gasteiger partial charge in [0.25, 0.3) is 0 Å². The van der Waals surface area contributed by atoms with Crippen molar-refractivity contribution in [2.24, 2.45) is 10.8 Å². The van der Waals surface area contributed by atoms with E-state index >= 15 is 0 Å². The van der Waals surface area contributed by atoms with Crippen molar-refractivity contribution < 1.29 is 14.3 Å². The van der Waals surface area contributed by atoms with Gasteiger partial charge in [-0.05, 0) is 87.8 Å². The standard InChI is InChI=1S/C23H37NO3/c1-21(2)18-23(25,19-7-15-26-17-19)11-10-22(21)8-5-20(6-9-22)27-16-14-24-12-3-4-13-24/h7,15,17,20,25H,3-6,8-14,16,18H2,1-2H3. The van der Waals surface area contributed by atoms with Gasteiger partial charge in [0.15, 0.2) is 0 Å². The van der Waals surface area contributed by atoms with Gasteiger partial charge in [0.1, 0.15) is 0 Å². The molecule has 1 aromatic rings. The highest BCUT2D eigenvalue weighted by atomic mass is 16.5. The summed E-state index contributed by atoms with van der Waals surface area (Å²) in [6.07, 6.45) is 14.1. The Morgan fingerprint density at radius 2 is 1.89 bits per heavy atom. The van der Waals surface area contributed by atoms with Crippen molar-refractivity contribution in [3.05, 3.63) is 24.2 Å². The van der Waals surface area contributed by atoms with Gasteiger partial charge < -0.3 is 19.2 Å². The van der Waals surface area contributed by atoms with E-state index in [-0.39, 0.29) is 5.41 Å². The first-order valence-electron chi connectivity index (χ1n) is 11.0. The van der Waals surface area contributed by atoms with Crippen LogP contribution in [0.15, 0.2) is 23.0 Å². The second-order valence-electron chi connectivity index (χ2n) is 10.0. The maximum atomic E-state index is 11.3. The van der Waals surface area contributed by atoms with E-state index in [1.165, 1.54) is 51.6 Å². The van der Waals surface area contributed by atoms with E-state index in [4.69, 9.17) is 9.15 Å². The Labute approximate surface area is 164 Å². The molecule has 1 aliphatic heterocycles. The molecule has 0 aromatic carbocycles. The molecule has 1 N–H and O–H groups in total. The predicted octanol–water partition coefficient (Wildman–Crippen LogP) is 4.72. The zero-order valence-electron chi connectivity index (χ0n) is 17.2. The molecule has 27 heavy (non-hydrogen) atoms. The lowest BCUT2D eigenvalue weighted by molar-refractivity contribution is -0.139. The third-order valence-electron chi connectivity index (χ3n) is 8.10. The van der Waals surface area contributed by atoms with Crippen LogP contribution >= 0.6 is 0 Å². The highest BCUT2D eigenvalue weighted by Crippen LogP contribution is 2.61. The van der Waals surface area contributed by atoms with Gasteiger partial charge in [-0.3, -0.25) is 0 Å². The van der Waals surface area contributed by atoms with Gasteiger partial charge in [-0.15, -0.1) is 0 Å². The summed E-state index contributed by atoms with van der Waals surface area (Å²) in [5.74, 6) is 0. The Balaban J connectivity index is 1.31. The molecule has 0 radical (unpaired) electrons. The molecular formula is C23H37NO3. The van der Waals surface area contributed by atoms with Crippen molar-refractivity contribution in [3.8, 4) is 0 Å². The number of likely N-dealkylation sites (tertiary alicyclic amines) is 1. The van der Waals surface area contributed by atoms with Crippen LogP contribution in [0.4, 0.5) is 0 Å². The van der Waals surface area contributed by atoms with Gasteiger partial charge >= 0.3 is 0 Å². The fourth-order valence-electron chi connectivity index (χ4n) is 6.16. The van der Waals surface area contributed by atoms with Crippen LogP contribution in [0, 0.1) is 10.8 Å². The Bertz CT molecular complexity index is 597. The Morgan fingerprint density at radius 1 is 1.15 bits per heavy atom. The van der Waals surface area contributed by atoms with Crippen molar-refractivity contribution in [1.82, 2.24) is 4.90 Å². The van der Waals surface area contributed by atoms with E-state index < -0.39 is 5.60 Å². The van der Waals surface area contributed by atoms with Crippen LogP contribution in [-0.4, -0.2) is 42.4 Å². The van der Waals surface area contributed by atoms with Crippen LogP contribution in [0.2, 0.25) is 0 Å². The van der Waals surface area contributed by atoms with Crippen molar-refractivity contribution >= 4 is 0 Å². The van der Waals surface area contributed by atoms with Gasteiger partial charge in [0.2, 0.25) is 0 Å². The molecule has 1 saturated heterocycles. The van der Waals surface area contributed by atoms with Gasteiger partial charge in [0, 0.05) is 12.1 Å². The number of nitrogens with zero attached hydrogens (tertiary/aromatic N) is 1. The zero-order valence-corrected chi connectivity index (χ0v) is 17.2. The van der Waals surface area contributed by atoms with E-state index in [9.17, 15) is 5.11 Å². The Hall–Kier alpha value is -0.840. The molecule has 2 heterocycles. The van der Waals surface area contributed by atoms with E-state index in [0.29, 0.717) is 11.5 Å². The summed E-state index contributed by atoms with van der Waals surface area (Å²) in [6, 6.07) is 1.93. The minimum Gasteiger partial charge on any atom is -0.472 e. The summed E-state index contributed by atoms with van der Waals surface area (Å²) >= 11 is 0. The average molecular weight is 376 g/mol. The van der Waals surface area contributed by atoms with Crippen LogP contribution in [0.25, 0.3) is 0 Å². The Morgan fingerprint density at radius 3 is 2.52 bits per heavy atom. The van der Waals surface area contributed by atoms with Crippen molar-refractivity contribution in [2.75, 3.05) is 26.2 Å². The van der Waals surface area contributed by atoms with Crippen LogP contribution in [0.1, 0.15) is 77.2 Å². The van der Waals surface area contributed by atoms with E-state index in [0.717, 1.165) is 38.0 Å². The fourth-order valence-corrected chi connectivity index (χ4v) is 6.16. The third kappa shape index (κ3) is 3.86. The molecule has 4 heteroatoms. The number of hydrogen-bond acceptors (Lipinski definition) is 4. The zero-order chi connectivity index (χ0) is 19.0. The smallest absolute Gasteiger partial charge is 0.0963 e. The average Bonchev–Trinajstić information content (AvgIpc) is 3.34. The molecule has 1 spiro atoms. The second-order valence-corrected chi connectivity index (χ2v) is 10.0. The molecule has 0 bridgehead atoms. The topological polar surface area (TPSA) is 45.8 Å². The summed E-state index contributed by atoms with van der Waals surface area (Å²) in [7, 11) is 0. The van der Waals surface area contributed by atoms with Gasteiger partial charge in [-0.1, -0.05) is 13.8 Å². The first kappa shape index (κ1) is 19.5. The SMILES string of the molecule is CC1(C)CC(O)(c2ccoc2)CCC12CCC(OCCN1CCCC1)CC2. The van der Waals surface area contributed by atoms with Gasteiger partial charge in [-0.25, -0.2) is 0 Å². The number of hydrogen-bond donors (Lipinski definition) is 1. The first-order valence-corrected chi connectivity index (χ1v) is 11.0. The predicted molar refractivity (Wildman–Crippen MR) is 107 cm³/mol. The largest absolute Gasteiger partial charge is 0.472 e. The highest BCUT2D eigenvalue weighted by molar-refractivity contribution is 5.20. The lowest BCUT2D eigenvalue weighted by Gasteiger charge is -2.57.